The second-order valence-corrected chi connectivity index (χ2v) is 6.55. The van der Waals surface area contributed by atoms with Crippen molar-refractivity contribution < 1.29 is 0 Å². The largest absolute Gasteiger partial charge is 0.399 e. The zero-order valence-electron chi connectivity index (χ0n) is 9.37. The van der Waals surface area contributed by atoms with Crippen molar-refractivity contribution in [3.8, 4) is 0 Å². The van der Waals surface area contributed by atoms with E-state index in [2.05, 4.69) is 40.2 Å². The Morgan fingerprint density at radius 3 is 2.88 bits per heavy atom. The highest BCUT2D eigenvalue weighted by atomic mass is 127. The van der Waals surface area contributed by atoms with Gasteiger partial charge in [0.05, 0.1) is 0 Å². The molecule has 1 saturated carbocycles. The summed E-state index contributed by atoms with van der Waals surface area (Å²) in [6.45, 7) is 0. The number of nitrogen functional groups attached to an aromatic ring is 1. The van der Waals surface area contributed by atoms with Gasteiger partial charge in [-0.2, -0.15) is 11.8 Å². The van der Waals surface area contributed by atoms with Crippen LogP contribution in [0.5, 0.6) is 0 Å². The maximum absolute atomic E-state index is 5.74. The van der Waals surface area contributed by atoms with Crippen LogP contribution in [0.25, 0.3) is 0 Å². The first-order valence-corrected chi connectivity index (χ1v) is 7.90. The van der Waals surface area contributed by atoms with Gasteiger partial charge in [0.1, 0.15) is 0 Å². The van der Waals surface area contributed by atoms with Crippen molar-refractivity contribution in [3.05, 3.63) is 21.8 Å². The molecule has 1 aliphatic carbocycles. The maximum Gasteiger partial charge on any atom is 0.0479 e. The second kappa shape index (κ2) is 5.49. The van der Waals surface area contributed by atoms with Gasteiger partial charge < -0.3 is 11.1 Å². The molecule has 3 N–H and O–H groups in total. The van der Waals surface area contributed by atoms with Crippen LogP contribution in [0.3, 0.4) is 0 Å². The van der Waals surface area contributed by atoms with E-state index in [4.69, 9.17) is 5.73 Å². The molecule has 2 rings (SSSR count). The van der Waals surface area contributed by atoms with Gasteiger partial charge in [-0.3, -0.25) is 0 Å². The van der Waals surface area contributed by atoms with E-state index >= 15 is 0 Å². The fourth-order valence-electron chi connectivity index (χ4n) is 2.15. The van der Waals surface area contributed by atoms with Crippen molar-refractivity contribution in [2.75, 3.05) is 17.3 Å². The molecule has 2 unspecified atom stereocenters. The fourth-order valence-corrected chi connectivity index (χ4v) is 3.65. The molecule has 0 bridgehead atoms. The van der Waals surface area contributed by atoms with Gasteiger partial charge in [-0.05, 0) is 66.3 Å². The van der Waals surface area contributed by atoms with Crippen LogP contribution < -0.4 is 11.1 Å². The highest BCUT2D eigenvalue weighted by molar-refractivity contribution is 14.1. The molecule has 0 saturated heterocycles. The Morgan fingerprint density at radius 1 is 1.44 bits per heavy atom. The topological polar surface area (TPSA) is 38.0 Å². The number of nitrogens with two attached hydrogens (primary N) is 1. The molecule has 1 fully saturated rings. The Kier molecular flexibility index (Phi) is 4.24. The first kappa shape index (κ1) is 12.4. The summed E-state index contributed by atoms with van der Waals surface area (Å²) in [5.74, 6) is 0. The molecular formula is C12H17IN2S. The maximum atomic E-state index is 5.74. The Morgan fingerprint density at radius 2 is 2.25 bits per heavy atom. The van der Waals surface area contributed by atoms with Gasteiger partial charge in [0.25, 0.3) is 0 Å². The fraction of sp³-hybridized carbons (Fsp3) is 0.500. The first-order chi connectivity index (χ1) is 7.69. The van der Waals surface area contributed by atoms with E-state index < -0.39 is 0 Å². The van der Waals surface area contributed by atoms with E-state index in [1.165, 1.54) is 28.5 Å². The molecule has 0 amide bonds. The van der Waals surface area contributed by atoms with Gasteiger partial charge in [0.2, 0.25) is 0 Å². The van der Waals surface area contributed by atoms with Crippen LogP contribution in [0.4, 0.5) is 11.4 Å². The predicted octanol–water partition coefficient (Wildman–Crippen LogP) is 3.57. The van der Waals surface area contributed by atoms with Crippen LogP contribution in [0.2, 0.25) is 0 Å². The molecule has 0 radical (unpaired) electrons. The van der Waals surface area contributed by atoms with Gasteiger partial charge in [-0.1, -0.05) is 0 Å². The number of halogens is 1. The Bertz CT molecular complexity index is 370. The van der Waals surface area contributed by atoms with Crippen LogP contribution in [-0.2, 0) is 0 Å². The number of thioether (sulfide) groups is 1. The van der Waals surface area contributed by atoms with Gasteiger partial charge >= 0.3 is 0 Å². The molecule has 2 atom stereocenters. The SMILES string of the molecule is CSC1CCC(Nc2ccc(N)cc2I)C1. The average Bonchev–Trinajstić information content (AvgIpc) is 2.70. The molecule has 0 aliphatic heterocycles. The van der Waals surface area contributed by atoms with Gasteiger partial charge in [-0.25, -0.2) is 0 Å². The lowest BCUT2D eigenvalue weighted by molar-refractivity contribution is 0.756. The molecule has 1 aliphatic rings. The monoisotopic (exact) mass is 348 g/mol. The first-order valence-electron chi connectivity index (χ1n) is 5.53. The summed E-state index contributed by atoms with van der Waals surface area (Å²) in [5, 5.41) is 4.46. The van der Waals surface area contributed by atoms with Crippen molar-refractivity contribution in [2.45, 2.75) is 30.6 Å². The van der Waals surface area contributed by atoms with Crippen molar-refractivity contribution in [1.82, 2.24) is 0 Å². The van der Waals surface area contributed by atoms with E-state index in [0.29, 0.717) is 6.04 Å². The van der Waals surface area contributed by atoms with Crippen LogP contribution in [-0.4, -0.2) is 17.5 Å². The standard InChI is InChI=1S/C12H17IN2S/c1-16-10-4-3-9(7-10)15-12-5-2-8(14)6-11(12)13/h2,5-6,9-10,15H,3-4,7,14H2,1H3. The van der Waals surface area contributed by atoms with Crippen LogP contribution in [0.1, 0.15) is 19.3 Å². The minimum atomic E-state index is 0.634. The number of hydrogen-bond donors (Lipinski definition) is 2. The summed E-state index contributed by atoms with van der Waals surface area (Å²) in [6, 6.07) is 6.70. The van der Waals surface area contributed by atoms with Crippen LogP contribution >= 0.6 is 34.4 Å². The number of nitrogens with one attached hydrogen (secondary N) is 1. The Labute approximate surface area is 115 Å². The van der Waals surface area contributed by atoms with Crippen molar-refractivity contribution in [3.63, 3.8) is 0 Å². The zero-order chi connectivity index (χ0) is 11.5. The molecule has 88 valence electrons. The number of benzene rings is 1. The lowest BCUT2D eigenvalue weighted by Gasteiger charge is -2.15. The number of hydrogen-bond acceptors (Lipinski definition) is 3. The van der Waals surface area contributed by atoms with E-state index in [9.17, 15) is 0 Å². The summed E-state index contributed by atoms with van der Waals surface area (Å²) < 4.78 is 1.21. The highest BCUT2D eigenvalue weighted by Gasteiger charge is 2.23. The quantitative estimate of drug-likeness (QED) is 0.648. The molecule has 0 aromatic heterocycles. The third-order valence-corrected chi connectivity index (χ3v) is 5.06. The Balaban J connectivity index is 1.99. The highest BCUT2D eigenvalue weighted by Crippen LogP contribution is 2.31. The molecule has 1 aromatic carbocycles. The summed E-state index contributed by atoms with van der Waals surface area (Å²) in [4.78, 5) is 0. The normalized spacial score (nSPS) is 24.6. The van der Waals surface area contributed by atoms with E-state index in [1.807, 2.05) is 23.9 Å². The van der Waals surface area contributed by atoms with Crippen molar-refractivity contribution in [1.29, 1.82) is 0 Å². The lowest BCUT2D eigenvalue weighted by Crippen LogP contribution is -2.16. The van der Waals surface area contributed by atoms with Crippen molar-refractivity contribution in [2.24, 2.45) is 0 Å². The van der Waals surface area contributed by atoms with Gasteiger partial charge in [-0.15, -0.1) is 0 Å². The molecule has 0 heterocycles. The summed E-state index contributed by atoms with van der Waals surface area (Å²) in [7, 11) is 0. The van der Waals surface area contributed by atoms with Crippen LogP contribution in [0.15, 0.2) is 18.2 Å². The summed E-state index contributed by atoms with van der Waals surface area (Å²) in [6.07, 6.45) is 6.11. The van der Waals surface area contributed by atoms with Gasteiger partial charge in [0.15, 0.2) is 0 Å². The molecule has 16 heavy (non-hydrogen) atoms. The third-order valence-electron chi connectivity index (χ3n) is 3.07. The molecule has 4 heteroatoms. The predicted molar refractivity (Wildman–Crippen MR) is 82.1 cm³/mol. The molecule has 1 aromatic rings. The van der Waals surface area contributed by atoms with Crippen molar-refractivity contribution >= 4 is 45.7 Å². The Hall–Kier alpha value is -0.100. The zero-order valence-corrected chi connectivity index (χ0v) is 12.3. The van der Waals surface area contributed by atoms with E-state index in [1.54, 1.807) is 0 Å². The van der Waals surface area contributed by atoms with E-state index in [0.717, 1.165) is 10.9 Å². The minimum Gasteiger partial charge on any atom is -0.399 e. The molecule has 0 spiro atoms. The van der Waals surface area contributed by atoms with Gasteiger partial charge in [0, 0.05) is 26.2 Å². The average molecular weight is 348 g/mol. The number of anilines is 2. The van der Waals surface area contributed by atoms with Crippen LogP contribution in [0, 0.1) is 3.57 Å². The minimum absolute atomic E-state index is 0.634. The molecular weight excluding hydrogens is 331 g/mol. The second-order valence-electron chi connectivity index (χ2n) is 4.25. The smallest absolute Gasteiger partial charge is 0.0479 e. The summed E-state index contributed by atoms with van der Waals surface area (Å²) in [5.41, 5.74) is 7.80. The van der Waals surface area contributed by atoms with E-state index in [-0.39, 0.29) is 0 Å². The summed E-state index contributed by atoms with van der Waals surface area (Å²) >= 11 is 4.33. The third kappa shape index (κ3) is 2.97. The number of rotatable bonds is 3. The lowest BCUT2D eigenvalue weighted by atomic mass is 10.2. The molecule has 2 nitrogen and oxygen atoms in total.